The van der Waals surface area contributed by atoms with Crippen LogP contribution in [0.3, 0.4) is 0 Å². The molecule has 1 heterocycles. The number of allylic oxidation sites excluding steroid dienone is 1. The van der Waals surface area contributed by atoms with E-state index in [0.717, 1.165) is 11.1 Å². The Hall–Kier alpha value is -3.83. The first-order valence-corrected chi connectivity index (χ1v) is 10.2. The van der Waals surface area contributed by atoms with Gasteiger partial charge in [0, 0.05) is 21.5 Å². The molecule has 0 fully saturated rings. The highest BCUT2D eigenvalue weighted by Crippen LogP contribution is 2.32. The molecule has 4 aromatic rings. The summed E-state index contributed by atoms with van der Waals surface area (Å²) < 4.78 is 10.6. The van der Waals surface area contributed by atoms with Crippen LogP contribution in [0.15, 0.2) is 77.6 Å². The summed E-state index contributed by atoms with van der Waals surface area (Å²) in [6, 6.07) is 19.8. The molecule has 0 saturated carbocycles. The number of hydrogen-bond acceptors (Lipinski definition) is 4. The van der Waals surface area contributed by atoms with Gasteiger partial charge < -0.3 is 14.5 Å². The van der Waals surface area contributed by atoms with Crippen LogP contribution in [0.25, 0.3) is 28.1 Å². The highest BCUT2D eigenvalue weighted by Gasteiger charge is 2.19. The average Bonchev–Trinajstić information content (AvgIpc) is 2.82. The normalized spacial score (nSPS) is 11.1. The fourth-order valence-electron chi connectivity index (χ4n) is 3.62. The van der Waals surface area contributed by atoms with Crippen molar-refractivity contribution in [3.05, 3.63) is 99.3 Å². The number of halogens is 1. The maximum absolute atomic E-state index is 13.2. The van der Waals surface area contributed by atoms with Gasteiger partial charge in [-0.05, 0) is 47.5 Å². The highest BCUT2D eigenvalue weighted by molar-refractivity contribution is 6.31. The fourth-order valence-corrected chi connectivity index (χ4v) is 3.79. The summed E-state index contributed by atoms with van der Waals surface area (Å²) in [4.78, 5) is 29.0. The summed E-state index contributed by atoms with van der Waals surface area (Å²) in [6.07, 6.45) is 3.02. The van der Waals surface area contributed by atoms with Crippen LogP contribution < -0.4 is 15.0 Å². The van der Waals surface area contributed by atoms with Crippen LogP contribution in [0, 0.1) is 0 Å². The van der Waals surface area contributed by atoms with Crippen molar-refractivity contribution in [2.24, 2.45) is 0 Å². The zero-order valence-corrected chi connectivity index (χ0v) is 18.3. The standard InChI is InChI=1S/C26H20ClNO4/c1-31-22-13-9-16(14-23(22)32-2)8-12-21(29)25-24(17-6-4-3-5-7-17)19-15-18(27)10-11-20(19)28-26(25)30/h3-15H,1-2H3,(H,28,30)/b12-8+. The van der Waals surface area contributed by atoms with E-state index < -0.39 is 11.3 Å². The van der Waals surface area contributed by atoms with Gasteiger partial charge in [0.1, 0.15) is 0 Å². The summed E-state index contributed by atoms with van der Waals surface area (Å²) in [5.41, 5.74) is 2.25. The number of nitrogens with one attached hydrogen (secondary N) is 1. The Morgan fingerprint density at radius 3 is 2.41 bits per heavy atom. The molecule has 5 nitrogen and oxygen atoms in total. The number of carbonyl (C=O) groups is 1. The third-order valence-corrected chi connectivity index (χ3v) is 5.35. The number of fused-ring (bicyclic) bond motifs is 1. The number of benzene rings is 3. The molecule has 0 unspecified atom stereocenters. The van der Waals surface area contributed by atoms with Gasteiger partial charge in [-0.1, -0.05) is 54.1 Å². The second-order valence-corrected chi connectivity index (χ2v) is 7.51. The second-order valence-electron chi connectivity index (χ2n) is 7.07. The van der Waals surface area contributed by atoms with E-state index in [-0.39, 0.29) is 5.56 Å². The molecule has 0 radical (unpaired) electrons. The Kier molecular flexibility index (Phi) is 6.10. The third kappa shape index (κ3) is 4.15. The van der Waals surface area contributed by atoms with Gasteiger partial charge in [-0.15, -0.1) is 0 Å². The van der Waals surface area contributed by atoms with Gasteiger partial charge in [-0.25, -0.2) is 0 Å². The molecule has 4 rings (SSSR count). The zero-order chi connectivity index (χ0) is 22.7. The van der Waals surface area contributed by atoms with E-state index in [2.05, 4.69) is 4.98 Å². The average molecular weight is 446 g/mol. The van der Waals surface area contributed by atoms with Crippen molar-refractivity contribution in [2.45, 2.75) is 0 Å². The van der Waals surface area contributed by atoms with E-state index in [1.165, 1.54) is 6.08 Å². The Balaban J connectivity index is 1.85. The molecule has 6 heteroatoms. The molecule has 0 bridgehead atoms. The lowest BCUT2D eigenvalue weighted by Crippen LogP contribution is -2.18. The predicted octanol–water partition coefficient (Wildman–Crippen LogP) is 5.76. The Morgan fingerprint density at radius 1 is 0.938 bits per heavy atom. The number of carbonyl (C=O) groups excluding carboxylic acids is 1. The maximum Gasteiger partial charge on any atom is 0.260 e. The van der Waals surface area contributed by atoms with Crippen LogP contribution in [-0.2, 0) is 0 Å². The lowest BCUT2D eigenvalue weighted by molar-refractivity contribution is 0.104. The van der Waals surface area contributed by atoms with Crippen molar-refractivity contribution < 1.29 is 14.3 Å². The lowest BCUT2D eigenvalue weighted by atomic mass is 9.94. The summed E-state index contributed by atoms with van der Waals surface area (Å²) in [6.45, 7) is 0. The van der Waals surface area contributed by atoms with Crippen molar-refractivity contribution in [3.8, 4) is 22.6 Å². The molecular weight excluding hydrogens is 426 g/mol. The molecule has 1 N–H and O–H groups in total. The van der Waals surface area contributed by atoms with Gasteiger partial charge in [-0.3, -0.25) is 9.59 Å². The first-order chi connectivity index (χ1) is 15.5. The van der Waals surface area contributed by atoms with E-state index >= 15 is 0 Å². The summed E-state index contributed by atoms with van der Waals surface area (Å²) >= 11 is 6.23. The van der Waals surface area contributed by atoms with Gasteiger partial charge in [0.25, 0.3) is 5.56 Å². The van der Waals surface area contributed by atoms with Crippen molar-refractivity contribution in [1.29, 1.82) is 0 Å². The van der Waals surface area contributed by atoms with Crippen molar-refractivity contribution >= 4 is 34.4 Å². The monoisotopic (exact) mass is 445 g/mol. The van der Waals surface area contributed by atoms with Crippen LogP contribution in [0.4, 0.5) is 0 Å². The zero-order valence-electron chi connectivity index (χ0n) is 17.5. The number of ether oxygens (including phenoxy) is 2. The number of hydrogen-bond donors (Lipinski definition) is 1. The molecule has 0 atom stereocenters. The topological polar surface area (TPSA) is 68.4 Å². The summed E-state index contributed by atoms with van der Waals surface area (Å²) in [5, 5.41) is 1.21. The molecule has 3 aromatic carbocycles. The first-order valence-electron chi connectivity index (χ1n) is 9.87. The molecule has 0 saturated heterocycles. The lowest BCUT2D eigenvalue weighted by Gasteiger charge is -2.12. The number of methoxy groups -OCH3 is 2. The molecule has 1 aromatic heterocycles. The first kappa shape index (κ1) is 21.4. The Morgan fingerprint density at radius 2 is 1.69 bits per heavy atom. The predicted molar refractivity (Wildman–Crippen MR) is 128 cm³/mol. The van der Waals surface area contributed by atoms with Crippen molar-refractivity contribution in [2.75, 3.05) is 14.2 Å². The maximum atomic E-state index is 13.2. The van der Waals surface area contributed by atoms with Gasteiger partial charge in [0.15, 0.2) is 17.3 Å². The van der Waals surface area contributed by atoms with Crippen LogP contribution in [0.1, 0.15) is 15.9 Å². The van der Waals surface area contributed by atoms with E-state index in [1.807, 2.05) is 30.3 Å². The minimum absolute atomic E-state index is 0.0580. The van der Waals surface area contributed by atoms with Gasteiger partial charge in [-0.2, -0.15) is 0 Å². The second kappa shape index (κ2) is 9.12. The SMILES string of the molecule is COc1ccc(/C=C/C(=O)c2c(-c3ccccc3)c3cc(Cl)ccc3[nH]c2=O)cc1OC. The van der Waals surface area contributed by atoms with E-state index in [9.17, 15) is 9.59 Å². The van der Waals surface area contributed by atoms with Crippen molar-refractivity contribution in [3.63, 3.8) is 0 Å². The van der Waals surface area contributed by atoms with Crippen LogP contribution in [-0.4, -0.2) is 25.0 Å². The Labute approximate surface area is 189 Å². The van der Waals surface area contributed by atoms with Crippen LogP contribution in [0.2, 0.25) is 5.02 Å². The molecular formula is C26H20ClNO4. The molecule has 0 aliphatic rings. The molecule has 160 valence electrons. The van der Waals surface area contributed by atoms with Crippen LogP contribution >= 0.6 is 11.6 Å². The highest BCUT2D eigenvalue weighted by atomic mass is 35.5. The van der Waals surface area contributed by atoms with Gasteiger partial charge >= 0.3 is 0 Å². The molecule has 0 aliphatic heterocycles. The van der Waals surface area contributed by atoms with Gasteiger partial charge in [0.05, 0.1) is 19.8 Å². The van der Waals surface area contributed by atoms with E-state index in [4.69, 9.17) is 21.1 Å². The number of H-pyrrole nitrogens is 1. The van der Waals surface area contributed by atoms with Crippen LogP contribution in [0.5, 0.6) is 11.5 Å². The van der Waals surface area contributed by atoms with E-state index in [0.29, 0.717) is 33.0 Å². The fraction of sp³-hybridized carbons (Fsp3) is 0.0769. The minimum Gasteiger partial charge on any atom is -0.493 e. The van der Waals surface area contributed by atoms with E-state index in [1.54, 1.807) is 56.7 Å². The molecule has 0 amide bonds. The number of aromatic amines is 1. The molecule has 32 heavy (non-hydrogen) atoms. The summed E-state index contributed by atoms with van der Waals surface area (Å²) in [5.74, 6) is 0.720. The number of rotatable bonds is 6. The largest absolute Gasteiger partial charge is 0.493 e. The quantitative estimate of drug-likeness (QED) is 0.302. The number of aromatic nitrogens is 1. The number of ketones is 1. The van der Waals surface area contributed by atoms with Gasteiger partial charge in [0.2, 0.25) is 0 Å². The Bertz CT molecular complexity index is 1390. The third-order valence-electron chi connectivity index (χ3n) is 5.12. The number of pyridine rings is 1. The minimum atomic E-state index is -0.458. The summed E-state index contributed by atoms with van der Waals surface area (Å²) in [7, 11) is 3.10. The molecule has 0 spiro atoms. The smallest absolute Gasteiger partial charge is 0.260 e. The molecule has 0 aliphatic carbocycles. The van der Waals surface area contributed by atoms with Crippen molar-refractivity contribution in [1.82, 2.24) is 4.98 Å².